The Hall–Kier alpha value is -1.82. The van der Waals surface area contributed by atoms with Gasteiger partial charge in [-0.15, -0.1) is 0 Å². The lowest BCUT2D eigenvalue weighted by Gasteiger charge is -2.36. The van der Waals surface area contributed by atoms with Crippen LogP contribution in [0.3, 0.4) is 0 Å². The molecule has 1 amide bonds. The standard InChI is InChI=1S/C15H24N4O2/c1-15(2,3)21-14(20)19(11-5-4-7-17-9-11)13-6-8-18-10-12(13)16/h6,8,10-11,17H,4-5,7,9,16H2,1-3H3/t11-/m1/s1. The average molecular weight is 292 g/mol. The van der Waals surface area contributed by atoms with E-state index in [1.54, 1.807) is 23.4 Å². The van der Waals surface area contributed by atoms with Crippen molar-refractivity contribution in [2.45, 2.75) is 45.3 Å². The van der Waals surface area contributed by atoms with E-state index >= 15 is 0 Å². The van der Waals surface area contributed by atoms with Crippen LogP contribution in [-0.2, 0) is 4.74 Å². The van der Waals surface area contributed by atoms with Crippen LogP contribution in [0.25, 0.3) is 0 Å². The van der Waals surface area contributed by atoms with E-state index in [0.29, 0.717) is 11.4 Å². The minimum Gasteiger partial charge on any atom is -0.443 e. The summed E-state index contributed by atoms with van der Waals surface area (Å²) >= 11 is 0. The maximum atomic E-state index is 12.6. The lowest BCUT2D eigenvalue weighted by atomic mass is 10.1. The van der Waals surface area contributed by atoms with Crippen molar-refractivity contribution in [3.05, 3.63) is 18.5 Å². The van der Waals surface area contributed by atoms with Gasteiger partial charge in [0.2, 0.25) is 0 Å². The molecule has 0 radical (unpaired) electrons. The first-order valence-corrected chi connectivity index (χ1v) is 7.31. The fourth-order valence-corrected chi connectivity index (χ4v) is 2.43. The van der Waals surface area contributed by atoms with Crippen LogP contribution < -0.4 is 16.0 Å². The number of ether oxygens (including phenoxy) is 1. The highest BCUT2D eigenvalue weighted by molar-refractivity contribution is 5.92. The van der Waals surface area contributed by atoms with Gasteiger partial charge in [-0.3, -0.25) is 9.88 Å². The molecule has 1 aliphatic heterocycles. The molecule has 2 rings (SSSR count). The number of carbonyl (C=O) groups excluding carboxylic acids is 1. The van der Waals surface area contributed by atoms with Gasteiger partial charge in [0.1, 0.15) is 5.60 Å². The third-order valence-electron chi connectivity index (χ3n) is 3.31. The zero-order chi connectivity index (χ0) is 15.5. The van der Waals surface area contributed by atoms with Crippen LogP contribution in [0, 0.1) is 0 Å². The number of hydrogen-bond donors (Lipinski definition) is 2. The number of nitrogens with zero attached hydrogens (tertiary/aromatic N) is 2. The summed E-state index contributed by atoms with van der Waals surface area (Å²) in [6, 6.07) is 1.80. The van der Waals surface area contributed by atoms with Gasteiger partial charge in [-0.25, -0.2) is 4.79 Å². The van der Waals surface area contributed by atoms with Crippen LogP contribution in [-0.4, -0.2) is 35.8 Å². The molecule has 1 aromatic rings. The van der Waals surface area contributed by atoms with Gasteiger partial charge in [0.15, 0.2) is 0 Å². The normalized spacial score (nSPS) is 19.1. The summed E-state index contributed by atoms with van der Waals surface area (Å²) in [5.41, 5.74) is 6.60. The highest BCUT2D eigenvalue weighted by atomic mass is 16.6. The number of amides is 1. The van der Waals surface area contributed by atoms with E-state index in [4.69, 9.17) is 10.5 Å². The van der Waals surface area contributed by atoms with E-state index in [-0.39, 0.29) is 12.1 Å². The number of piperidine rings is 1. The van der Waals surface area contributed by atoms with E-state index in [0.717, 1.165) is 25.9 Å². The average Bonchev–Trinajstić information content (AvgIpc) is 2.40. The van der Waals surface area contributed by atoms with Crippen LogP contribution in [0.2, 0.25) is 0 Å². The van der Waals surface area contributed by atoms with Crippen LogP contribution in [0.1, 0.15) is 33.6 Å². The molecule has 0 saturated carbocycles. The second kappa shape index (κ2) is 6.30. The van der Waals surface area contributed by atoms with E-state index in [2.05, 4.69) is 10.3 Å². The summed E-state index contributed by atoms with van der Waals surface area (Å²) in [6.45, 7) is 7.29. The molecular formula is C15H24N4O2. The molecule has 21 heavy (non-hydrogen) atoms. The molecule has 6 nitrogen and oxygen atoms in total. The van der Waals surface area contributed by atoms with Crippen LogP contribution in [0.4, 0.5) is 16.2 Å². The molecule has 0 aliphatic carbocycles. The smallest absolute Gasteiger partial charge is 0.415 e. The summed E-state index contributed by atoms with van der Waals surface area (Å²) in [7, 11) is 0. The Kier molecular flexibility index (Phi) is 4.67. The lowest BCUT2D eigenvalue weighted by molar-refractivity contribution is 0.0560. The highest BCUT2D eigenvalue weighted by Gasteiger charge is 2.31. The van der Waals surface area contributed by atoms with Crippen molar-refractivity contribution in [2.75, 3.05) is 23.7 Å². The Morgan fingerprint density at radius 1 is 1.52 bits per heavy atom. The molecule has 1 aromatic heterocycles. The number of carbonyl (C=O) groups is 1. The molecule has 1 atom stereocenters. The fraction of sp³-hybridized carbons (Fsp3) is 0.600. The zero-order valence-corrected chi connectivity index (χ0v) is 12.9. The van der Waals surface area contributed by atoms with Crippen molar-refractivity contribution in [2.24, 2.45) is 0 Å². The first-order valence-electron chi connectivity index (χ1n) is 7.31. The number of nitrogens with one attached hydrogen (secondary N) is 1. The molecule has 116 valence electrons. The third kappa shape index (κ3) is 4.07. The molecule has 1 fully saturated rings. The van der Waals surface area contributed by atoms with Gasteiger partial charge in [0.05, 0.1) is 23.6 Å². The molecule has 1 aliphatic rings. The summed E-state index contributed by atoms with van der Waals surface area (Å²) in [4.78, 5) is 18.3. The number of nitrogen functional groups attached to an aromatic ring is 1. The second-order valence-corrected chi connectivity index (χ2v) is 6.29. The Labute approximate surface area is 125 Å². The number of nitrogens with two attached hydrogens (primary N) is 1. The van der Waals surface area contributed by atoms with Gasteiger partial charge in [-0.2, -0.15) is 0 Å². The Morgan fingerprint density at radius 2 is 2.29 bits per heavy atom. The van der Waals surface area contributed by atoms with Gasteiger partial charge in [0, 0.05) is 12.7 Å². The van der Waals surface area contributed by atoms with Crippen molar-refractivity contribution in [3.8, 4) is 0 Å². The second-order valence-electron chi connectivity index (χ2n) is 6.29. The van der Waals surface area contributed by atoms with Gasteiger partial charge in [-0.1, -0.05) is 0 Å². The number of hydrogen-bond acceptors (Lipinski definition) is 5. The minimum atomic E-state index is -0.542. The molecule has 0 unspecified atom stereocenters. The SMILES string of the molecule is CC(C)(C)OC(=O)N(c1ccncc1N)[C@@H]1CCCNC1. The third-order valence-corrected chi connectivity index (χ3v) is 3.31. The van der Waals surface area contributed by atoms with Gasteiger partial charge in [-0.05, 0) is 46.2 Å². The largest absolute Gasteiger partial charge is 0.443 e. The van der Waals surface area contributed by atoms with Gasteiger partial charge in [0.25, 0.3) is 0 Å². The van der Waals surface area contributed by atoms with Gasteiger partial charge >= 0.3 is 6.09 Å². The Morgan fingerprint density at radius 3 is 2.86 bits per heavy atom. The molecule has 0 bridgehead atoms. The van der Waals surface area contributed by atoms with Crippen molar-refractivity contribution in [1.29, 1.82) is 0 Å². The molecule has 3 N–H and O–H groups in total. The van der Waals surface area contributed by atoms with E-state index in [1.807, 2.05) is 20.8 Å². The maximum absolute atomic E-state index is 12.6. The molecular weight excluding hydrogens is 268 g/mol. The number of aromatic nitrogens is 1. The zero-order valence-electron chi connectivity index (χ0n) is 12.9. The number of anilines is 2. The van der Waals surface area contributed by atoms with Crippen molar-refractivity contribution >= 4 is 17.5 Å². The minimum absolute atomic E-state index is 0.0401. The summed E-state index contributed by atoms with van der Waals surface area (Å²) in [6.07, 6.45) is 4.78. The number of rotatable bonds is 2. The van der Waals surface area contributed by atoms with Crippen molar-refractivity contribution in [3.63, 3.8) is 0 Å². The van der Waals surface area contributed by atoms with Crippen molar-refractivity contribution in [1.82, 2.24) is 10.3 Å². The fourth-order valence-electron chi connectivity index (χ4n) is 2.43. The number of pyridine rings is 1. The van der Waals surface area contributed by atoms with Crippen molar-refractivity contribution < 1.29 is 9.53 Å². The van der Waals surface area contributed by atoms with E-state index in [9.17, 15) is 4.79 Å². The molecule has 0 aromatic carbocycles. The maximum Gasteiger partial charge on any atom is 0.415 e. The predicted molar refractivity (Wildman–Crippen MR) is 83.3 cm³/mol. The molecule has 2 heterocycles. The Bertz CT molecular complexity index is 493. The summed E-state index contributed by atoms with van der Waals surface area (Å²) in [5.74, 6) is 0. The molecule has 0 spiro atoms. The topological polar surface area (TPSA) is 80.5 Å². The van der Waals surface area contributed by atoms with E-state index < -0.39 is 5.60 Å². The van der Waals surface area contributed by atoms with Gasteiger partial charge < -0.3 is 15.8 Å². The monoisotopic (exact) mass is 292 g/mol. The highest BCUT2D eigenvalue weighted by Crippen LogP contribution is 2.28. The van der Waals surface area contributed by atoms with Crippen LogP contribution in [0.15, 0.2) is 18.5 Å². The predicted octanol–water partition coefficient (Wildman–Crippen LogP) is 2.16. The first-order chi connectivity index (χ1) is 9.88. The van der Waals surface area contributed by atoms with E-state index in [1.165, 1.54) is 0 Å². The Balaban J connectivity index is 2.30. The quantitative estimate of drug-likeness (QED) is 0.873. The molecule has 6 heteroatoms. The molecule has 1 saturated heterocycles. The summed E-state index contributed by atoms with van der Waals surface area (Å²) < 4.78 is 5.55. The first kappa shape index (κ1) is 15.6. The lowest BCUT2D eigenvalue weighted by Crippen LogP contribution is -2.50. The van der Waals surface area contributed by atoms with Crippen LogP contribution >= 0.6 is 0 Å². The summed E-state index contributed by atoms with van der Waals surface area (Å²) in [5, 5.41) is 3.32. The van der Waals surface area contributed by atoms with Crippen LogP contribution in [0.5, 0.6) is 0 Å².